The zero-order chi connectivity index (χ0) is 16.2. The molecular formula is C15H16FNO3S2. The molecule has 0 fully saturated rings. The van der Waals surface area contributed by atoms with E-state index in [0.29, 0.717) is 5.56 Å². The lowest BCUT2D eigenvalue weighted by Gasteiger charge is -2.13. The van der Waals surface area contributed by atoms with E-state index in [1.807, 2.05) is 18.4 Å². The Balaban J connectivity index is 2.02. The number of nitrogens with one attached hydrogen (secondary N) is 1. The molecule has 0 aromatic heterocycles. The van der Waals surface area contributed by atoms with Gasteiger partial charge in [-0.15, -0.1) is 11.8 Å². The fraction of sp³-hybridized carbons (Fsp3) is 0.200. The average molecular weight is 341 g/mol. The van der Waals surface area contributed by atoms with E-state index in [1.165, 1.54) is 12.1 Å². The summed E-state index contributed by atoms with van der Waals surface area (Å²) in [5.74, 6) is -0.507. The summed E-state index contributed by atoms with van der Waals surface area (Å²) in [5, 5.41) is 10.0. The number of hydrogen-bond acceptors (Lipinski definition) is 4. The minimum atomic E-state index is -3.77. The third kappa shape index (κ3) is 4.30. The highest BCUT2D eigenvalue weighted by Gasteiger charge is 2.16. The van der Waals surface area contributed by atoms with Gasteiger partial charge in [-0.3, -0.25) is 0 Å². The number of aliphatic hydroxyl groups is 1. The second kappa shape index (κ2) is 7.23. The molecule has 0 heterocycles. The van der Waals surface area contributed by atoms with Crippen molar-refractivity contribution in [1.29, 1.82) is 0 Å². The van der Waals surface area contributed by atoms with Gasteiger partial charge in [0.25, 0.3) is 0 Å². The number of rotatable bonds is 6. The van der Waals surface area contributed by atoms with Gasteiger partial charge in [0, 0.05) is 11.4 Å². The highest BCUT2D eigenvalue weighted by molar-refractivity contribution is 7.98. The van der Waals surface area contributed by atoms with Crippen LogP contribution in [-0.2, 0) is 10.0 Å². The third-order valence-corrected chi connectivity index (χ3v) is 5.27. The lowest BCUT2D eigenvalue weighted by molar-refractivity contribution is 0.182. The molecule has 7 heteroatoms. The molecule has 0 amide bonds. The number of halogens is 1. The predicted octanol–water partition coefficient (Wildman–Crippen LogP) is 2.56. The smallest absolute Gasteiger partial charge is 0.240 e. The lowest BCUT2D eigenvalue weighted by atomic mass is 10.1. The second-order valence-corrected chi connectivity index (χ2v) is 7.24. The van der Waals surface area contributed by atoms with Crippen LogP contribution in [0, 0.1) is 5.82 Å². The molecule has 0 saturated heterocycles. The number of thioether (sulfide) groups is 1. The molecule has 0 aliphatic carbocycles. The number of aliphatic hydroxyl groups excluding tert-OH is 1. The van der Waals surface area contributed by atoms with Crippen LogP contribution in [0.3, 0.4) is 0 Å². The lowest BCUT2D eigenvalue weighted by Crippen LogP contribution is -2.28. The van der Waals surface area contributed by atoms with Gasteiger partial charge in [-0.25, -0.2) is 17.5 Å². The molecule has 2 aromatic carbocycles. The molecule has 2 N–H and O–H groups in total. The number of benzene rings is 2. The van der Waals surface area contributed by atoms with E-state index in [2.05, 4.69) is 4.72 Å². The van der Waals surface area contributed by atoms with E-state index < -0.39 is 21.9 Å². The SMILES string of the molecule is CSc1ccc(C(O)CNS(=O)(=O)c2ccc(F)cc2)cc1. The molecule has 0 aliphatic rings. The van der Waals surface area contributed by atoms with Gasteiger partial charge < -0.3 is 5.11 Å². The van der Waals surface area contributed by atoms with Gasteiger partial charge in [-0.1, -0.05) is 12.1 Å². The van der Waals surface area contributed by atoms with Crippen molar-refractivity contribution in [2.45, 2.75) is 15.9 Å². The summed E-state index contributed by atoms with van der Waals surface area (Å²) in [6, 6.07) is 11.7. The molecule has 2 aromatic rings. The number of sulfonamides is 1. The molecular weight excluding hydrogens is 325 g/mol. The van der Waals surface area contributed by atoms with Crippen LogP contribution in [0.1, 0.15) is 11.7 Å². The van der Waals surface area contributed by atoms with Gasteiger partial charge >= 0.3 is 0 Å². The Morgan fingerprint density at radius 1 is 1.14 bits per heavy atom. The van der Waals surface area contributed by atoms with Crippen LogP contribution in [0.15, 0.2) is 58.3 Å². The molecule has 4 nitrogen and oxygen atoms in total. The van der Waals surface area contributed by atoms with Gasteiger partial charge in [0.1, 0.15) is 5.82 Å². The zero-order valence-corrected chi connectivity index (χ0v) is 13.5. The summed E-state index contributed by atoms with van der Waals surface area (Å²) in [4.78, 5) is 1.02. The van der Waals surface area contributed by atoms with Crippen LogP contribution >= 0.6 is 11.8 Å². The zero-order valence-electron chi connectivity index (χ0n) is 11.9. The molecule has 0 saturated carbocycles. The van der Waals surface area contributed by atoms with Crippen molar-refractivity contribution >= 4 is 21.8 Å². The van der Waals surface area contributed by atoms with E-state index >= 15 is 0 Å². The molecule has 0 aliphatic heterocycles. The molecule has 0 bridgehead atoms. The predicted molar refractivity (Wildman–Crippen MR) is 84.8 cm³/mol. The van der Waals surface area contributed by atoms with E-state index in [-0.39, 0.29) is 11.4 Å². The summed E-state index contributed by atoms with van der Waals surface area (Å²) in [6.07, 6.45) is 0.994. The topological polar surface area (TPSA) is 66.4 Å². The fourth-order valence-corrected chi connectivity index (χ4v) is 3.28. The molecule has 22 heavy (non-hydrogen) atoms. The highest BCUT2D eigenvalue weighted by atomic mass is 32.2. The van der Waals surface area contributed by atoms with Crippen molar-refractivity contribution in [3.8, 4) is 0 Å². The average Bonchev–Trinajstić information content (AvgIpc) is 2.53. The van der Waals surface area contributed by atoms with Crippen LogP contribution in [0.25, 0.3) is 0 Å². The number of hydrogen-bond donors (Lipinski definition) is 2. The summed E-state index contributed by atoms with van der Waals surface area (Å²) in [6.45, 7) is -0.154. The summed E-state index contributed by atoms with van der Waals surface area (Å²) in [7, 11) is -3.77. The maximum absolute atomic E-state index is 12.8. The van der Waals surface area contributed by atoms with Crippen LogP contribution in [0.4, 0.5) is 4.39 Å². The normalized spacial score (nSPS) is 13.0. The van der Waals surface area contributed by atoms with Crippen molar-refractivity contribution < 1.29 is 17.9 Å². The first kappa shape index (κ1) is 17.0. The van der Waals surface area contributed by atoms with E-state index in [0.717, 1.165) is 17.0 Å². The standard InChI is InChI=1S/C15H16FNO3S2/c1-21-13-6-2-11(3-7-13)15(18)10-17-22(19,20)14-8-4-12(16)5-9-14/h2-9,15,17-18H,10H2,1H3. The van der Waals surface area contributed by atoms with Gasteiger partial charge in [-0.05, 0) is 48.2 Å². The van der Waals surface area contributed by atoms with Crippen LogP contribution in [0.5, 0.6) is 0 Å². The maximum atomic E-state index is 12.8. The quantitative estimate of drug-likeness (QED) is 0.793. The van der Waals surface area contributed by atoms with E-state index in [9.17, 15) is 17.9 Å². The van der Waals surface area contributed by atoms with E-state index in [4.69, 9.17) is 0 Å². The van der Waals surface area contributed by atoms with Crippen molar-refractivity contribution in [3.63, 3.8) is 0 Å². The maximum Gasteiger partial charge on any atom is 0.240 e. The van der Waals surface area contributed by atoms with Gasteiger partial charge in [0.2, 0.25) is 10.0 Å². The van der Waals surface area contributed by atoms with E-state index in [1.54, 1.807) is 23.9 Å². The Kier molecular flexibility index (Phi) is 5.57. The van der Waals surface area contributed by atoms with Crippen molar-refractivity contribution in [1.82, 2.24) is 4.72 Å². The Hall–Kier alpha value is -1.41. The van der Waals surface area contributed by atoms with Crippen molar-refractivity contribution in [2.75, 3.05) is 12.8 Å². The van der Waals surface area contributed by atoms with Crippen LogP contribution in [-0.4, -0.2) is 26.3 Å². The second-order valence-electron chi connectivity index (χ2n) is 4.59. The fourth-order valence-electron chi connectivity index (χ4n) is 1.83. The molecule has 1 unspecified atom stereocenters. The first-order chi connectivity index (χ1) is 10.4. The Morgan fingerprint density at radius 3 is 2.27 bits per heavy atom. The minimum Gasteiger partial charge on any atom is -0.387 e. The van der Waals surface area contributed by atoms with Gasteiger partial charge in [0.05, 0.1) is 11.0 Å². The molecule has 1 atom stereocenters. The van der Waals surface area contributed by atoms with Crippen molar-refractivity contribution in [2.24, 2.45) is 0 Å². The Bertz CT molecular complexity index is 715. The monoisotopic (exact) mass is 341 g/mol. The summed E-state index contributed by atoms with van der Waals surface area (Å²) in [5.41, 5.74) is 0.625. The summed E-state index contributed by atoms with van der Waals surface area (Å²) < 4.78 is 39.2. The first-order valence-electron chi connectivity index (χ1n) is 6.49. The van der Waals surface area contributed by atoms with Crippen LogP contribution in [0.2, 0.25) is 0 Å². The van der Waals surface area contributed by atoms with Gasteiger partial charge in [-0.2, -0.15) is 0 Å². The molecule has 2 rings (SSSR count). The van der Waals surface area contributed by atoms with Crippen LogP contribution < -0.4 is 4.72 Å². The largest absolute Gasteiger partial charge is 0.387 e. The first-order valence-corrected chi connectivity index (χ1v) is 9.20. The molecule has 118 valence electrons. The summed E-state index contributed by atoms with van der Waals surface area (Å²) >= 11 is 1.58. The Morgan fingerprint density at radius 2 is 1.73 bits per heavy atom. The van der Waals surface area contributed by atoms with Crippen molar-refractivity contribution in [3.05, 3.63) is 59.9 Å². The Labute approximate surface area is 133 Å². The molecule has 0 spiro atoms. The van der Waals surface area contributed by atoms with Gasteiger partial charge in [0.15, 0.2) is 0 Å². The third-order valence-electron chi connectivity index (χ3n) is 3.09. The molecule has 0 radical (unpaired) electrons. The highest BCUT2D eigenvalue weighted by Crippen LogP contribution is 2.19. The minimum absolute atomic E-state index is 0.0427.